The molecule has 0 aliphatic heterocycles. The Balaban J connectivity index is 2.05. The van der Waals surface area contributed by atoms with Crippen LogP contribution in [0.5, 0.6) is 5.75 Å². The molecule has 2 amide bonds. The molecular weight excluding hydrogens is 538 g/mol. The smallest absolute Gasteiger partial charge is 0.264 e. The van der Waals surface area contributed by atoms with E-state index in [1.807, 2.05) is 52.8 Å². The molecule has 0 aliphatic carbocycles. The van der Waals surface area contributed by atoms with Crippen LogP contribution in [-0.4, -0.2) is 50.9 Å². The number of hydrogen-bond acceptors (Lipinski definition) is 5. The first-order chi connectivity index (χ1) is 19.5. The Morgan fingerprint density at radius 3 is 2.12 bits per heavy atom. The molecule has 0 spiro atoms. The average molecular weight is 580 g/mol. The second-order valence-electron chi connectivity index (χ2n) is 10.3. The molecule has 0 radical (unpaired) electrons. The standard InChI is InChI=1S/C32H41N3O5S/c1-7-25(5)33-32(37)30(8-2)34(21-26-14-16-28(40-6)17-15-26)31(36)22-35(27-11-9-10-24(4)20-27)41(38,39)29-18-12-23(3)13-19-29/h9-20,25,30H,7-8,21-22H2,1-6H3,(H,33,37)/t25-,30-/m1/s1. The first-order valence-electron chi connectivity index (χ1n) is 13.9. The second-order valence-corrected chi connectivity index (χ2v) is 12.1. The first kappa shape index (κ1) is 31.7. The Morgan fingerprint density at radius 2 is 1.56 bits per heavy atom. The Hall–Kier alpha value is -3.85. The summed E-state index contributed by atoms with van der Waals surface area (Å²) in [4.78, 5) is 29.1. The van der Waals surface area contributed by atoms with Gasteiger partial charge in [-0.05, 0) is 81.1 Å². The second kappa shape index (κ2) is 14.2. The molecule has 0 fully saturated rings. The predicted octanol–water partition coefficient (Wildman–Crippen LogP) is 5.23. The fourth-order valence-electron chi connectivity index (χ4n) is 4.44. The molecule has 0 heterocycles. The lowest BCUT2D eigenvalue weighted by molar-refractivity contribution is -0.140. The van der Waals surface area contributed by atoms with Gasteiger partial charge in [-0.1, -0.05) is 55.8 Å². The minimum atomic E-state index is -4.10. The third-order valence-electron chi connectivity index (χ3n) is 7.08. The number of nitrogens with one attached hydrogen (secondary N) is 1. The molecule has 0 unspecified atom stereocenters. The van der Waals surface area contributed by atoms with Gasteiger partial charge in [0.1, 0.15) is 18.3 Å². The van der Waals surface area contributed by atoms with E-state index in [0.717, 1.165) is 27.4 Å². The van der Waals surface area contributed by atoms with Gasteiger partial charge in [0.15, 0.2) is 0 Å². The van der Waals surface area contributed by atoms with Crippen molar-refractivity contribution < 1.29 is 22.7 Å². The maximum absolute atomic E-state index is 14.1. The van der Waals surface area contributed by atoms with E-state index in [4.69, 9.17) is 4.74 Å². The lowest BCUT2D eigenvalue weighted by Gasteiger charge is -2.33. The number of nitrogens with zero attached hydrogens (tertiary/aromatic N) is 2. The van der Waals surface area contributed by atoms with Crippen molar-refractivity contribution >= 4 is 27.5 Å². The van der Waals surface area contributed by atoms with Crippen molar-refractivity contribution in [2.45, 2.75) is 71.0 Å². The molecule has 0 saturated carbocycles. The maximum Gasteiger partial charge on any atom is 0.264 e. The number of benzene rings is 3. The van der Waals surface area contributed by atoms with Crippen molar-refractivity contribution in [3.63, 3.8) is 0 Å². The number of rotatable bonds is 13. The number of methoxy groups -OCH3 is 1. The number of carbonyl (C=O) groups excluding carboxylic acids is 2. The average Bonchev–Trinajstić information content (AvgIpc) is 2.96. The summed E-state index contributed by atoms with van der Waals surface area (Å²) < 4.78 is 34.3. The van der Waals surface area contributed by atoms with Gasteiger partial charge in [-0.2, -0.15) is 0 Å². The predicted molar refractivity (Wildman–Crippen MR) is 162 cm³/mol. The maximum atomic E-state index is 14.1. The fourth-order valence-corrected chi connectivity index (χ4v) is 5.84. The summed E-state index contributed by atoms with van der Waals surface area (Å²) in [5.74, 6) is -0.0839. The normalized spacial score (nSPS) is 12.7. The van der Waals surface area contributed by atoms with Crippen LogP contribution in [0.2, 0.25) is 0 Å². The number of anilines is 1. The molecule has 2 atom stereocenters. The van der Waals surface area contributed by atoms with Crippen molar-refractivity contribution in [1.29, 1.82) is 0 Å². The highest BCUT2D eigenvalue weighted by Gasteiger charge is 2.34. The quantitative estimate of drug-likeness (QED) is 0.299. The Kier molecular flexibility index (Phi) is 10.9. The summed E-state index contributed by atoms with van der Waals surface area (Å²) in [6, 6.07) is 20.0. The van der Waals surface area contributed by atoms with Gasteiger partial charge >= 0.3 is 0 Å². The van der Waals surface area contributed by atoms with Gasteiger partial charge in [0.2, 0.25) is 11.8 Å². The molecule has 0 aliphatic rings. The monoisotopic (exact) mass is 579 g/mol. The van der Waals surface area contributed by atoms with Crippen LogP contribution in [0.15, 0.2) is 77.7 Å². The molecule has 8 nitrogen and oxygen atoms in total. The lowest BCUT2D eigenvalue weighted by Crippen LogP contribution is -2.53. The van der Waals surface area contributed by atoms with E-state index in [1.54, 1.807) is 61.7 Å². The largest absolute Gasteiger partial charge is 0.497 e. The Bertz CT molecular complexity index is 1420. The van der Waals surface area contributed by atoms with Crippen LogP contribution in [0, 0.1) is 13.8 Å². The highest BCUT2D eigenvalue weighted by atomic mass is 32.2. The van der Waals surface area contributed by atoms with E-state index < -0.39 is 28.5 Å². The van der Waals surface area contributed by atoms with Gasteiger partial charge < -0.3 is 15.0 Å². The topological polar surface area (TPSA) is 96.0 Å². The molecule has 41 heavy (non-hydrogen) atoms. The molecule has 3 aromatic carbocycles. The molecular formula is C32H41N3O5S. The number of amides is 2. The van der Waals surface area contributed by atoms with Crippen LogP contribution in [0.3, 0.4) is 0 Å². The molecule has 0 saturated heterocycles. The van der Waals surface area contributed by atoms with Gasteiger partial charge in [0.05, 0.1) is 17.7 Å². The van der Waals surface area contributed by atoms with Crippen LogP contribution >= 0.6 is 0 Å². The van der Waals surface area contributed by atoms with E-state index in [9.17, 15) is 18.0 Å². The number of ether oxygens (including phenoxy) is 1. The number of carbonyl (C=O) groups is 2. The number of aryl methyl sites for hydroxylation is 2. The molecule has 3 rings (SSSR count). The van der Waals surface area contributed by atoms with Crippen LogP contribution < -0.4 is 14.4 Å². The molecule has 3 aromatic rings. The van der Waals surface area contributed by atoms with Crippen LogP contribution in [0.4, 0.5) is 5.69 Å². The highest BCUT2D eigenvalue weighted by Crippen LogP contribution is 2.26. The molecule has 1 N–H and O–H groups in total. The Labute approximate surface area is 244 Å². The van der Waals surface area contributed by atoms with Crippen molar-refractivity contribution in [2.75, 3.05) is 18.0 Å². The third kappa shape index (κ3) is 8.10. The van der Waals surface area contributed by atoms with E-state index in [2.05, 4.69) is 5.32 Å². The molecule has 0 aromatic heterocycles. The highest BCUT2D eigenvalue weighted by molar-refractivity contribution is 7.92. The summed E-state index contributed by atoms with van der Waals surface area (Å²) in [6.07, 6.45) is 1.10. The Morgan fingerprint density at radius 1 is 0.902 bits per heavy atom. The molecule has 0 bridgehead atoms. The molecule has 9 heteroatoms. The van der Waals surface area contributed by atoms with Gasteiger partial charge in [0.25, 0.3) is 10.0 Å². The van der Waals surface area contributed by atoms with E-state index >= 15 is 0 Å². The zero-order chi connectivity index (χ0) is 30.2. The fraction of sp³-hybridized carbons (Fsp3) is 0.375. The van der Waals surface area contributed by atoms with E-state index in [1.165, 1.54) is 4.90 Å². The minimum absolute atomic E-state index is 0.0693. The SMILES string of the molecule is CC[C@@H](C)NC(=O)[C@@H](CC)N(Cc1ccc(OC)cc1)C(=O)CN(c1cccc(C)c1)S(=O)(=O)c1ccc(C)cc1. The van der Waals surface area contributed by atoms with Gasteiger partial charge in [0, 0.05) is 12.6 Å². The first-order valence-corrected chi connectivity index (χ1v) is 15.3. The zero-order valence-corrected chi connectivity index (χ0v) is 25.6. The number of hydrogen-bond donors (Lipinski definition) is 1. The van der Waals surface area contributed by atoms with E-state index in [0.29, 0.717) is 17.9 Å². The van der Waals surface area contributed by atoms with Crippen molar-refractivity contribution in [3.8, 4) is 5.75 Å². The van der Waals surface area contributed by atoms with Crippen LogP contribution in [0.25, 0.3) is 0 Å². The summed E-state index contributed by atoms with van der Waals surface area (Å²) in [5, 5.41) is 2.99. The summed E-state index contributed by atoms with van der Waals surface area (Å²) in [6.45, 7) is 9.13. The molecule has 220 valence electrons. The van der Waals surface area contributed by atoms with Crippen LogP contribution in [-0.2, 0) is 26.2 Å². The summed E-state index contributed by atoms with van der Waals surface area (Å²) >= 11 is 0. The van der Waals surface area contributed by atoms with Gasteiger partial charge in [-0.25, -0.2) is 8.42 Å². The van der Waals surface area contributed by atoms with Crippen molar-refractivity contribution in [1.82, 2.24) is 10.2 Å². The van der Waals surface area contributed by atoms with Crippen molar-refractivity contribution in [2.24, 2.45) is 0 Å². The van der Waals surface area contributed by atoms with Crippen LogP contribution in [0.1, 0.15) is 50.3 Å². The summed E-state index contributed by atoms with van der Waals surface area (Å²) in [7, 11) is -2.53. The van der Waals surface area contributed by atoms with E-state index in [-0.39, 0.29) is 23.4 Å². The lowest BCUT2D eigenvalue weighted by atomic mass is 10.1. The number of sulfonamides is 1. The van der Waals surface area contributed by atoms with Gasteiger partial charge in [-0.15, -0.1) is 0 Å². The third-order valence-corrected chi connectivity index (χ3v) is 8.86. The summed E-state index contributed by atoms with van der Waals surface area (Å²) in [5.41, 5.74) is 2.94. The minimum Gasteiger partial charge on any atom is -0.497 e. The van der Waals surface area contributed by atoms with Crippen molar-refractivity contribution in [3.05, 3.63) is 89.5 Å². The zero-order valence-electron chi connectivity index (χ0n) is 24.8. The van der Waals surface area contributed by atoms with Gasteiger partial charge in [-0.3, -0.25) is 13.9 Å².